The lowest BCUT2D eigenvalue weighted by Crippen LogP contribution is -2.24. The number of para-hydroxylation sites is 1. The summed E-state index contributed by atoms with van der Waals surface area (Å²) in [6, 6.07) is 17.6. The molecule has 4 aromatic rings. The lowest BCUT2D eigenvalue weighted by molar-refractivity contribution is 0.391. The molecular weight excluding hydrogens is 358 g/mol. The zero-order chi connectivity index (χ0) is 18.8. The smallest absolute Gasteiger partial charge is 0.262 e. The van der Waals surface area contributed by atoms with Crippen molar-refractivity contribution in [2.24, 2.45) is 0 Å². The quantitative estimate of drug-likeness (QED) is 0.382. The predicted octanol–water partition coefficient (Wildman–Crippen LogP) is 4.34. The number of aromatic nitrogens is 3. The molecule has 6 heteroatoms. The molecule has 0 spiro atoms. The van der Waals surface area contributed by atoms with Gasteiger partial charge in [0.1, 0.15) is 5.76 Å². The standard InChI is InChI=1S/C21H19N3O2S/c1-14-7-9-16(10-8-14)12-24-20(25)18-5-3-4-6-19(18)22-21(24)27-13-17-11-15(2)23-26-17/h3-11H,12-13H2,1-2H3. The van der Waals surface area contributed by atoms with E-state index in [0.717, 1.165) is 17.0 Å². The second-order valence-electron chi connectivity index (χ2n) is 6.51. The minimum atomic E-state index is -0.0302. The highest BCUT2D eigenvalue weighted by molar-refractivity contribution is 7.98. The molecule has 0 aliphatic rings. The van der Waals surface area contributed by atoms with Crippen molar-refractivity contribution in [2.45, 2.75) is 31.3 Å². The van der Waals surface area contributed by atoms with Crippen LogP contribution in [0.15, 0.2) is 69.1 Å². The fraction of sp³-hybridized carbons (Fsp3) is 0.190. The first-order valence-electron chi connectivity index (χ1n) is 8.70. The SMILES string of the molecule is Cc1ccc(Cn2c(SCc3cc(C)no3)nc3ccccc3c2=O)cc1. The molecule has 0 amide bonds. The molecule has 0 bridgehead atoms. The number of rotatable bonds is 5. The minimum Gasteiger partial charge on any atom is -0.360 e. The molecule has 0 saturated carbocycles. The second-order valence-corrected chi connectivity index (χ2v) is 7.45. The van der Waals surface area contributed by atoms with Gasteiger partial charge in [-0.25, -0.2) is 4.98 Å². The van der Waals surface area contributed by atoms with Gasteiger partial charge in [-0.1, -0.05) is 58.9 Å². The van der Waals surface area contributed by atoms with Crippen molar-refractivity contribution in [3.63, 3.8) is 0 Å². The average Bonchev–Trinajstić information content (AvgIpc) is 3.09. The van der Waals surface area contributed by atoms with Gasteiger partial charge in [0.2, 0.25) is 0 Å². The first-order valence-corrected chi connectivity index (χ1v) is 9.69. The first-order chi connectivity index (χ1) is 13.1. The topological polar surface area (TPSA) is 60.9 Å². The van der Waals surface area contributed by atoms with Gasteiger partial charge in [-0.15, -0.1) is 0 Å². The van der Waals surface area contributed by atoms with Crippen molar-refractivity contribution >= 4 is 22.7 Å². The van der Waals surface area contributed by atoms with Crippen molar-refractivity contribution in [2.75, 3.05) is 0 Å². The normalized spacial score (nSPS) is 11.2. The van der Waals surface area contributed by atoms with Crippen LogP contribution in [0.25, 0.3) is 10.9 Å². The van der Waals surface area contributed by atoms with E-state index in [1.807, 2.05) is 56.3 Å². The fourth-order valence-corrected chi connectivity index (χ4v) is 3.77. The molecule has 4 rings (SSSR count). The molecule has 0 aliphatic carbocycles. The van der Waals surface area contributed by atoms with Gasteiger partial charge >= 0.3 is 0 Å². The summed E-state index contributed by atoms with van der Waals surface area (Å²) < 4.78 is 7.03. The van der Waals surface area contributed by atoms with Gasteiger partial charge in [-0.2, -0.15) is 0 Å². The Hall–Kier alpha value is -2.86. The number of nitrogens with zero attached hydrogens (tertiary/aromatic N) is 3. The van der Waals surface area contributed by atoms with E-state index in [1.54, 1.807) is 4.57 Å². The van der Waals surface area contributed by atoms with Gasteiger partial charge in [-0.05, 0) is 31.5 Å². The molecule has 0 atom stereocenters. The molecule has 27 heavy (non-hydrogen) atoms. The Balaban J connectivity index is 1.74. The molecule has 2 heterocycles. The second kappa shape index (κ2) is 7.40. The van der Waals surface area contributed by atoms with Crippen molar-refractivity contribution in [3.8, 4) is 0 Å². The Morgan fingerprint density at radius 3 is 2.59 bits per heavy atom. The van der Waals surface area contributed by atoms with Crippen LogP contribution in [0.4, 0.5) is 0 Å². The van der Waals surface area contributed by atoms with Gasteiger partial charge in [0, 0.05) is 6.07 Å². The molecule has 0 N–H and O–H groups in total. The molecule has 0 saturated heterocycles. The van der Waals surface area contributed by atoms with Gasteiger partial charge in [0.15, 0.2) is 5.16 Å². The number of fused-ring (bicyclic) bond motifs is 1. The number of hydrogen-bond acceptors (Lipinski definition) is 5. The van der Waals surface area contributed by atoms with Crippen LogP contribution in [0.5, 0.6) is 0 Å². The Morgan fingerprint density at radius 1 is 1.07 bits per heavy atom. The summed E-state index contributed by atoms with van der Waals surface area (Å²) in [5.41, 5.74) is 3.78. The van der Waals surface area contributed by atoms with Crippen LogP contribution in [-0.4, -0.2) is 14.7 Å². The van der Waals surface area contributed by atoms with Crippen molar-refractivity contribution in [1.29, 1.82) is 0 Å². The van der Waals surface area contributed by atoms with Crippen LogP contribution in [0.2, 0.25) is 0 Å². The van der Waals surface area contributed by atoms with Gasteiger partial charge in [0.25, 0.3) is 5.56 Å². The Kier molecular flexibility index (Phi) is 4.81. The third-order valence-corrected chi connectivity index (χ3v) is 5.31. The largest absolute Gasteiger partial charge is 0.360 e. The third kappa shape index (κ3) is 3.80. The summed E-state index contributed by atoms with van der Waals surface area (Å²) in [4.78, 5) is 17.8. The average molecular weight is 377 g/mol. The zero-order valence-corrected chi connectivity index (χ0v) is 16.0. The molecule has 2 aromatic heterocycles. The van der Waals surface area contributed by atoms with Crippen LogP contribution in [0, 0.1) is 13.8 Å². The van der Waals surface area contributed by atoms with E-state index in [4.69, 9.17) is 9.51 Å². The van der Waals surface area contributed by atoms with Crippen LogP contribution >= 0.6 is 11.8 Å². The van der Waals surface area contributed by atoms with Crippen molar-refractivity contribution < 1.29 is 4.52 Å². The third-order valence-electron chi connectivity index (χ3n) is 4.31. The highest BCUT2D eigenvalue weighted by Crippen LogP contribution is 2.23. The minimum absolute atomic E-state index is 0.0302. The molecule has 0 radical (unpaired) electrons. The van der Waals surface area contributed by atoms with Crippen LogP contribution in [-0.2, 0) is 12.3 Å². The molecule has 5 nitrogen and oxygen atoms in total. The Labute approximate surface area is 161 Å². The summed E-state index contributed by atoms with van der Waals surface area (Å²) in [7, 11) is 0. The van der Waals surface area contributed by atoms with E-state index < -0.39 is 0 Å². The summed E-state index contributed by atoms with van der Waals surface area (Å²) in [6.07, 6.45) is 0. The van der Waals surface area contributed by atoms with E-state index in [-0.39, 0.29) is 5.56 Å². The monoisotopic (exact) mass is 377 g/mol. The van der Waals surface area contributed by atoms with E-state index in [2.05, 4.69) is 17.3 Å². The number of benzene rings is 2. The van der Waals surface area contributed by atoms with E-state index >= 15 is 0 Å². The maximum atomic E-state index is 13.1. The first kappa shape index (κ1) is 17.5. The van der Waals surface area contributed by atoms with Gasteiger partial charge in [-0.3, -0.25) is 9.36 Å². The molecule has 2 aromatic carbocycles. The summed E-state index contributed by atoms with van der Waals surface area (Å²) in [6.45, 7) is 4.42. The van der Waals surface area contributed by atoms with Crippen LogP contribution in [0.1, 0.15) is 22.6 Å². The molecule has 0 unspecified atom stereocenters. The predicted molar refractivity (Wildman–Crippen MR) is 107 cm³/mol. The molecular formula is C21H19N3O2S. The van der Waals surface area contributed by atoms with Crippen molar-refractivity contribution in [1.82, 2.24) is 14.7 Å². The molecule has 136 valence electrons. The Morgan fingerprint density at radius 2 is 1.85 bits per heavy atom. The van der Waals surface area contributed by atoms with Crippen LogP contribution < -0.4 is 5.56 Å². The summed E-state index contributed by atoms with van der Waals surface area (Å²) in [5.74, 6) is 1.33. The lowest BCUT2D eigenvalue weighted by Gasteiger charge is -2.13. The fourth-order valence-electron chi connectivity index (χ4n) is 2.89. The maximum absolute atomic E-state index is 13.1. The van der Waals surface area contributed by atoms with E-state index in [9.17, 15) is 4.79 Å². The van der Waals surface area contributed by atoms with E-state index in [0.29, 0.717) is 28.4 Å². The van der Waals surface area contributed by atoms with Crippen molar-refractivity contribution in [3.05, 3.63) is 87.5 Å². The summed E-state index contributed by atoms with van der Waals surface area (Å²) >= 11 is 1.48. The molecule has 0 aliphatic heterocycles. The highest BCUT2D eigenvalue weighted by atomic mass is 32.2. The highest BCUT2D eigenvalue weighted by Gasteiger charge is 2.13. The van der Waals surface area contributed by atoms with Gasteiger partial charge in [0.05, 0.1) is 28.9 Å². The zero-order valence-electron chi connectivity index (χ0n) is 15.2. The molecule has 0 fully saturated rings. The van der Waals surface area contributed by atoms with E-state index in [1.165, 1.54) is 17.3 Å². The van der Waals surface area contributed by atoms with Gasteiger partial charge < -0.3 is 4.52 Å². The lowest BCUT2D eigenvalue weighted by atomic mass is 10.1. The number of thioether (sulfide) groups is 1. The Bertz CT molecular complexity index is 1150. The van der Waals surface area contributed by atoms with Crippen LogP contribution in [0.3, 0.4) is 0 Å². The maximum Gasteiger partial charge on any atom is 0.262 e. The summed E-state index contributed by atoms with van der Waals surface area (Å²) in [5, 5.41) is 5.22. The number of aryl methyl sites for hydroxylation is 2. The number of hydrogen-bond donors (Lipinski definition) is 0.